The second-order valence-corrected chi connectivity index (χ2v) is 0. The Kier molecular flexibility index (Phi) is 896. The van der Waals surface area contributed by atoms with Crippen LogP contribution in [0.2, 0.25) is 0 Å². The maximum absolute atomic E-state index is 0. The van der Waals surface area contributed by atoms with Gasteiger partial charge in [0.1, 0.15) is 0 Å². The molecule has 0 atom stereocenters. The van der Waals surface area contributed by atoms with Crippen molar-refractivity contribution in [2.45, 2.75) is 0 Å². The van der Waals surface area contributed by atoms with Crippen molar-refractivity contribution >= 4 is 0 Å². The normalized spacial score (nSPS) is 0. The van der Waals surface area contributed by atoms with E-state index in [2.05, 4.69) is 0 Å². The van der Waals surface area contributed by atoms with Crippen molar-refractivity contribution in [2.75, 3.05) is 0 Å². The van der Waals surface area contributed by atoms with Gasteiger partial charge < -0.3 is 49.6 Å². The van der Waals surface area contributed by atoms with Gasteiger partial charge >= 0.3 is 37.7 Å². The molecular weight excluding hydrogens is 219 g/mol. The van der Waals surface area contributed by atoms with E-state index in [1.807, 2.05) is 0 Å². The van der Waals surface area contributed by atoms with Crippen molar-refractivity contribution in [3.05, 3.63) is 0 Å². The van der Waals surface area contributed by atoms with Gasteiger partial charge in [-0.15, -0.1) is 0 Å². The van der Waals surface area contributed by atoms with Gasteiger partial charge in [-0.1, -0.05) is 0 Å². The quantitative estimate of drug-likeness (QED) is 0.355. The first-order valence-corrected chi connectivity index (χ1v) is 0. The molecule has 0 unspecified atom stereocenters. The van der Waals surface area contributed by atoms with E-state index in [1.165, 1.54) is 0 Å². The molecule has 0 aromatic heterocycles. The van der Waals surface area contributed by atoms with Crippen LogP contribution in [-0.2, 0) is 17.1 Å². The Hall–Kier alpha value is 2.87. The van der Waals surface area contributed by atoms with Crippen molar-refractivity contribution in [2.24, 2.45) is 0 Å². The fraction of sp³-hybridized carbons (Fsp3) is 0. The molecule has 0 heterocycles. The van der Waals surface area contributed by atoms with Crippen molar-refractivity contribution in [3.8, 4) is 0 Å². The molecule has 0 aliphatic carbocycles. The molecule has 7 heavy (non-hydrogen) atoms. The van der Waals surface area contributed by atoms with E-state index in [9.17, 15) is 0 Å². The summed E-state index contributed by atoms with van der Waals surface area (Å²) in [5.41, 5.74) is 0. The second kappa shape index (κ2) is 66.6. The van der Waals surface area contributed by atoms with E-state index in [1.54, 1.807) is 0 Å². The average molecular weight is 219 g/mol. The predicted molar refractivity (Wildman–Crippen MR) is 0 cm³/mol. The molecule has 0 aliphatic rings. The van der Waals surface area contributed by atoms with Crippen LogP contribution >= 0.6 is 0 Å². The Morgan fingerprint density at radius 3 is 0.429 bits per heavy atom. The Bertz CT molecular complexity index is 9.65. The smallest absolute Gasteiger partial charge is 1.00 e. The van der Waals surface area contributed by atoms with Crippen LogP contribution in [0.3, 0.4) is 0 Å². The van der Waals surface area contributed by atoms with Crippen LogP contribution in [0.4, 0.5) is 0 Å². The summed E-state index contributed by atoms with van der Waals surface area (Å²) in [6.45, 7) is 0. The first-order valence-electron chi connectivity index (χ1n) is 0. The molecule has 0 amide bonds. The van der Waals surface area contributed by atoms with Crippen LogP contribution in [0.5, 0.6) is 0 Å². The van der Waals surface area contributed by atoms with Crippen molar-refractivity contribution in [1.82, 2.24) is 0 Å². The number of hydrogen-bond donors (Lipinski definition) is 0. The maximum Gasteiger partial charge on any atom is 1.00 e. The molecule has 0 aliphatic heterocycles. The predicted octanol–water partition coefficient (Wildman–Crippen LogP) is -18.0. The van der Waals surface area contributed by atoms with Gasteiger partial charge in [0.2, 0.25) is 0 Å². The van der Waals surface area contributed by atoms with Crippen LogP contribution in [0.1, 0.15) is 0 Å². The van der Waals surface area contributed by atoms with E-state index >= 15 is 0 Å². The summed E-state index contributed by atoms with van der Waals surface area (Å²) in [5.74, 6) is 0. The van der Waals surface area contributed by atoms with Crippen LogP contribution in [0, 0.1) is 0 Å². The summed E-state index contributed by atoms with van der Waals surface area (Å²) in [5, 5.41) is 0. The fourth-order valence-corrected chi connectivity index (χ4v) is 0. The van der Waals surface area contributed by atoms with Gasteiger partial charge in [0.15, 0.2) is 0 Å². The van der Waals surface area contributed by atoms with E-state index < -0.39 is 0 Å². The summed E-state index contributed by atoms with van der Waals surface area (Å²) < 4.78 is 0. The molecule has 0 spiro atoms. The zero-order valence-corrected chi connectivity index (χ0v) is 7.78. The molecule has 0 saturated heterocycles. The molecule has 1 radical (unpaired) electrons. The zero-order valence-electron chi connectivity index (χ0n) is 3.81. The van der Waals surface area contributed by atoms with Crippen LogP contribution in [0.25, 0.3) is 0 Å². The molecular formula is Cl4CuLi2-2. The molecule has 0 saturated carbocycles. The minimum Gasteiger partial charge on any atom is -1.00 e. The van der Waals surface area contributed by atoms with Gasteiger partial charge in [-0.3, -0.25) is 0 Å². The Morgan fingerprint density at radius 2 is 0.429 bits per heavy atom. The number of rotatable bonds is 0. The number of hydrogen-bond acceptors (Lipinski definition) is 0. The standard InChI is InChI=1S/4ClH.Cu.2Li/h4*1H;;;/q;;;;;2*+1/p-4. The Balaban J connectivity index is 0. The van der Waals surface area contributed by atoms with E-state index in [0.717, 1.165) is 0 Å². The topological polar surface area (TPSA) is 0 Å². The van der Waals surface area contributed by atoms with Gasteiger partial charge in [-0.05, 0) is 0 Å². The zero-order chi connectivity index (χ0) is 0. The van der Waals surface area contributed by atoms with Gasteiger partial charge in [0.05, 0.1) is 0 Å². The Labute approximate surface area is 103 Å². The molecule has 0 rings (SSSR count). The van der Waals surface area contributed by atoms with E-state index in [-0.39, 0.29) is 104 Å². The summed E-state index contributed by atoms with van der Waals surface area (Å²) in [4.78, 5) is 0. The van der Waals surface area contributed by atoms with Gasteiger partial charge in [-0.25, -0.2) is 0 Å². The molecule has 0 nitrogen and oxygen atoms in total. The fourth-order valence-electron chi connectivity index (χ4n) is 0. The summed E-state index contributed by atoms with van der Waals surface area (Å²) in [6.07, 6.45) is 0. The Morgan fingerprint density at radius 1 is 0.429 bits per heavy atom. The first-order chi connectivity index (χ1) is 0. The summed E-state index contributed by atoms with van der Waals surface area (Å²) >= 11 is 0. The summed E-state index contributed by atoms with van der Waals surface area (Å²) in [7, 11) is 0. The third kappa shape index (κ3) is 50.8. The van der Waals surface area contributed by atoms with E-state index in [4.69, 9.17) is 0 Å². The third-order valence-corrected chi connectivity index (χ3v) is 0. The monoisotopic (exact) mass is 217 g/mol. The SMILES string of the molecule is [Cl-].[Cl-].[Cl-].[Cl-].[Cu].[Li+].[Li+]. The van der Waals surface area contributed by atoms with E-state index in [0.29, 0.717) is 0 Å². The van der Waals surface area contributed by atoms with Gasteiger partial charge in [-0.2, -0.15) is 0 Å². The molecule has 0 fully saturated rings. The number of halogens is 4. The second-order valence-electron chi connectivity index (χ2n) is 0. The van der Waals surface area contributed by atoms with Crippen LogP contribution in [-0.4, -0.2) is 0 Å². The van der Waals surface area contributed by atoms with Crippen molar-refractivity contribution in [3.63, 3.8) is 0 Å². The molecule has 7 heteroatoms. The summed E-state index contributed by atoms with van der Waals surface area (Å²) in [6, 6.07) is 0. The molecule has 0 bridgehead atoms. The first kappa shape index (κ1) is 94.1. The molecule has 0 N–H and O–H groups in total. The largest absolute Gasteiger partial charge is 1.00 e. The third-order valence-electron chi connectivity index (χ3n) is 0. The van der Waals surface area contributed by atoms with Gasteiger partial charge in [0, 0.05) is 17.1 Å². The van der Waals surface area contributed by atoms with Crippen LogP contribution in [0.15, 0.2) is 0 Å². The van der Waals surface area contributed by atoms with Gasteiger partial charge in [0.25, 0.3) is 0 Å². The molecule has 0 aromatic carbocycles. The minimum absolute atomic E-state index is 0. The molecule has 0 aromatic rings. The van der Waals surface area contributed by atoms with Crippen LogP contribution < -0.4 is 87.3 Å². The molecule has 43 valence electrons. The maximum atomic E-state index is 0. The van der Waals surface area contributed by atoms with Crippen molar-refractivity contribution in [1.29, 1.82) is 0 Å². The minimum atomic E-state index is 0. The average Bonchev–Trinajstić information content (AvgIpc) is 0. The van der Waals surface area contributed by atoms with Crippen molar-refractivity contribution < 1.29 is 104 Å².